The van der Waals surface area contributed by atoms with Crippen LogP contribution in [0.25, 0.3) is 11.0 Å². The molecule has 0 bridgehead atoms. The molecule has 0 saturated heterocycles. The number of hydrogen-bond acceptors (Lipinski definition) is 6. The van der Waals surface area contributed by atoms with Crippen molar-refractivity contribution >= 4 is 28.8 Å². The first kappa shape index (κ1) is 21.6. The summed E-state index contributed by atoms with van der Waals surface area (Å²) in [6.07, 6.45) is 0. The van der Waals surface area contributed by atoms with Crippen LogP contribution in [-0.2, 0) is 14.4 Å². The highest BCUT2D eigenvalue weighted by atomic mass is 16.5. The lowest BCUT2D eigenvalue weighted by Crippen LogP contribution is -2.43. The number of carboxylic acid groups (broad SMARTS) is 1. The van der Waals surface area contributed by atoms with Crippen molar-refractivity contribution in [3.63, 3.8) is 0 Å². The fourth-order valence-corrected chi connectivity index (χ4v) is 2.96. The maximum atomic E-state index is 12.4. The Hall–Kier alpha value is -4.14. The van der Waals surface area contributed by atoms with E-state index in [2.05, 4.69) is 10.6 Å². The SMILES string of the molecule is Cc1cc(=O)oc2cc(OCC(=O)N[C@H](C(=O)NCC(=O)O)c3ccccc3)ccc12. The van der Waals surface area contributed by atoms with Crippen LogP contribution in [-0.4, -0.2) is 36.0 Å². The fraction of sp³-hybridized carbons (Fsp3) is 0.182. The molecule has 1 heterocycles. The molecule has 3 N–H and O–H groups in total. The molecule has 9 heteroatoms. The number of nitrogens with one attached hydrogen (secondary N) is 2. The van der Waals surface area contributed by atoms with Crippen LogP contribution in [0, 0.1) is 6.92 Å². The number of amides is 2. The summed E-state index contributed by atoms with van der Waals surface area (Å²) in [7, 11) is 0. The van der Waals surface area contributed by atoms with Crippen molar-refractivity contribution in [2.24, 2.45) is 0 Å². The van der Waals surface area contributed by atoms with Crippen LogP contribution in [0.15, 0.2) is 63.8 Å². The zero-order valence-electron chi connectivity index (χ0n) is 16.6. The van der Waals surface area contributed by atoms with E-state index in [9.17, 15) is 19.2 Å². The second-order valence-corrected chi connectivity index (χ2v) is 6.72. The number of aliphatic carboxylic acids is 1. The topological polar surface area (TPSA) is 135 Å². The van der Waals surface area contributed by atoms with Crippen LogP contribution >= 0.6 is 0 Å². The summed E-state index contributed by atoms with van der Waals surface area (Å²) in [5.41, 5.74) is 1.09. The normalized spacial score (nSPS) is 11.5. The molecule has 0 aliphatic heterocycles. The molecule has 31 heavy (non-hydrogen) atoms. The van der Waals surface area contributed by atoms with Gasteiger partial charge < -0.3 is 24.9 Å². The lowest BCUT2D eigenvalue weighted by molar-refractivity contribution is -0.138. The van der Waals surface area contributed by atoms with E-state index in [0.717, 1.165) is 10.9 Å². The molecule has 0 aliphatic carbocycles. The van der Waals surface area contributed by atoms with E-state index in [1.165, 1.54) is 12.1 Å². The highest BCUT2D eigenvalue weighted by molar-refractivity contribution is 5.90. The molecular weight excluding hydrogens is 404 g/mol. The van der Waals surface area contributed by atoms with E-state index in [1.54, 1.807) is 49.4 Å². The number of carbonyl (C=O) groups is 3. The van der Waals surface area contributed by atoms with Gasteiger partial charge in [0.25, 0.3) is 5.91 Å². The van der Waals surface area contributed by atoms with Gasteiger partial charge >= 0.3 is 11.6 Å². The Morgan fingerprint density at radius 1 is 1.10 bits per heavy atom. The van der Waals surface area contributed by atoms with E-state index < -0.39 is 42.6 Å². The van der Waals surface area contributed by atoms with Gasteiger partial charge in [0.15, 0.2) is 6.61 Å². The van der Waals surface area contributed by atoms with Gasteiger partial charge in [-0.25, -0.2) is 4.79 Å². The monoisotopic (exact) mass is 424 g/mol. The van der Waals surface area contributed by atoms with Crippen molar-refractivity contribution in [1.82, 2.24) is 10.6 Å². The van der Waals surface area contributed by atoms with Gasteiger partial charge in [-0.1, -0.05) is 30.3 Å². The van der Waals surface area contributed by atoms with Crippen LogP contribution in [0.3, 0.4) is 0 Å². The molecule has 0 unspecified atom stereocenters. The predicted octanol–water partition coefficient (Wildman–Crippen LogP) is 1.54. The summed E-state index contributed by atoms with van der Waals surface area (Å²) in [5.74, 6) is -2.15. The van der Waals surface area contributed by atoms with Gasteiger partial charge in [0, 0.05) is 17.5 Å². The van der Waals surface area contributed by atoms with Gasteiger partial charge in [-0.15, -0.1) is 0 Å². The highest BCUT2D eigenvalue weighted by Crippen LogP contribution is 2.22. The Morgan fingerprint density at radius 2 is 1.84 bits per heavy atom. The summed E-state index contributed by atoms with van der Waals surface area (Å²) >= 11 is 0. The maximum absolute atomic E-state index is 12.4. The third-order valence-corrected chi connectivity index (χ3v) is 4.41. The van der Waals surface area contributed by atoms with Gasteiger partial charge in [0.05, 0.1) is 0 Å². The average Bonchev–Trinajstić information content (AvgIpc) is 2.74. The average molecular weight is 424 g/mol. The molecule has 9 nitrogen and oxygen atoms in total. The number of carbonyl (C=O) groups excluding carboxylic acids is 2. The molecule has 0 fully saturated rings. The smallest absolute Gasteiger partial charge is 0.336 e. The number of aryl methyl sites for hydroxylation is 1. The first-order chi connectivity index (χ1) is 14.8. The number of fused-ring (bicyclic) bond motifs is 1. The van der Waals surface area contributed by atoms with E-state index in [0.29, 0.717) is 16.9 Å². The third-order valence-electron chi connectivity index (χ3n) is 4.41. The molecule has 1 aromatic heterocycles. The highest BCUT2D eigenvalue weighted by Gasteiger charge is 2.23. The Kier molecular flexibility index (Phi) is 6.66. The summed E-state index contributed by atoms with van der Waals surface area (Å²) in [5, 5.41) is 14.3. The van der Waals surface area contributed by atoms with Crippen molar-refractivity contribution in [1.29, 1.82) is 0 Å². The van der Waals surface area contributed by atoms with Crippen LogP contribution < -0.4 is 21.0 Å². The number of hydrogen-bond donors (Lipinski definition) is 3. The lowest BCUT2D eigenvalue weighted by atomic mass is 10.1. The zero-order chi connectivity index (χ0) is 22.4. The molecule has 0 radical (unpaired) electrons. The van der Waals surface area contributed by atoms with Crippen molar-refractivity contribution in [3.8, 4) is 5.75 Å². The summed E-state index contributed by atoms with van der Waals surface area (Å²) < 4.78 is 10.6. The van der Waals surface area contributed by atoms with Gasteiger partial charge in [-0.05, 0) is 30.2 Å². The maximum Gasteiger partial charge on any atom is 0.336 e. The van der Waals surface area contributed by atoms with E-state index in [-0.39, 0.29) is 0 Å². The molecule has 0 aliphatic rings. The molecule has 2 aromatic carbocycles. The molecule has 0 spiro atoms. The Morgan fingerprint density at radius 3 is 2.55 bits per heavy atom. The fourth-order valence-electron chi connectivity index (χ4n) is 2.96. The number of rotatable bonds is 8. The summed E-state index contributed by atoms with van der Waals surface area (Å²) in [6, 6.07) is 13.6. The van der Waals surface area contributed by atoms with Crippen LogP contribution in [0.4, 0.5) is 0 Å². The zero-order valence-corrected chi connectivity index (χ0v) is 16.6. The van der Waals surface area contributed by atoms with Crippen molar-refractivity contribution in [2.45, 2.75) is 13.0 Å². The van der Waals surface area contributed by atoms with Gasteiger partial charge in [-0.3, -0.25) is 14.4 Å². The standard InChI is InChI=1S/C22H20N2O7/c1-13-9-20(28)31-17-10-15(7-8-16(13)17)30-12-18(25)24-21(14-5-3-2-4-6-14)22(29)23-11-19(26)27/h2-10,21H,11-12H2,1H3,(H,23,29)(H,24,25)(H,26,27)/t21-/m0/s1. The van der Waals surface area contributed by atoms with Gasteiger partial charge in [0.2, 0.25) is 5.91 Å². The minimum absolute atomic E-state index is 0.308. The second kappa shape index (κ2) is 9.57. The predicted molar refractivity (Wildman–Crippen MR) is 111 cm³/mol. The van der Waals surface area contributed by atoms with E-state index in [4.69, 9.17) is 14.3 Å². The summed E-state index contributed by atoms with van der Waals surface area (Å²) in [6.45, 7) is 0.805. The van der Waals surface area contributed by atoms with Crippen LogP contribution in [0.2, 0.25) is 0 Å². The third kappa shape index (κ3) is 5.69. The lowest BCUT2D eigenvalue weighted by Gasteiger charge is -2.18. The number of benzene rings is 2. The van der Waals surface area contributed by atoms with Gasteiger partial charge in [-0.2, -0.15) is 0 Å². The largest absolute Gasteiger partial charge is 0.484 e. The van der Waals surface area contributed by atoms with Gasteiger partial charge in [0.1, 0.15) is 23.9 Å². The van der Waals surface area contributed by atoms with E-state index >= 15 is 0 Å². The molecule has 3 rings (SSSR count). The number of ether oxygens (including phenoxy) is 1. The summed E-state index contributed by atoms with van der Waals surface area (Å²) in [4.78, 5) is 47.1. The molecule has 1 atom stereocenters. The number of carboxylic acids is 1. The Balaban J connectivity index is 1.69. The second-order valence-electron chi connectivity index (χ2n) is 6.72. The minimum atomic E-state index is -1.20. The molecule has 0 saturated carbocycles. The van der Waals surface area contributed by atoms with Crippen LogP contribution in [0.5, 0.6) is 5.75 Å². The van der Waals surface area contributed by atoms with Crippen molar-refractivity contribution < 1.29 is 28.6 Å². The molecule has 3 aromatic rings. The molecule has 160 valence electrons. The first-order valence-corrected chi connectivity index (χ1v) is 9.34. The Bertz CT molecular complexity index is 1170. The molecular formula is C22H20N2O7. The first-order valence-electron chi connectivity index (χ1n) is 9.34. The molecule has 2 amide bonds. The Labute approximate surface area is 176 Å². The van der Waals surface area contributed by atoms with Crippen molar-refractivity contribution in [2.75, 3.05) is 13.2 Å². The van der Waals surface area contributed by atoms with E-state index in [1.807, 2.05) is 0 Å². The minimum Gasteiger partial charge on any atom is -0.484 e. The van der Waals surface area contributed by atoms with Crippen LogP contribution in [0.1, 0.15) is 17.2 Å². The van der Waals surface area contributed by atoms with Crippen molar-refractivity contribution in [3.05, 3.63) is 76.1 Å². The quantitative estimate of drug-likeness (QED) is 0.467.